The number of unbranched alkanes of at least 4 members (excludes halogenated alkanes) is 3. The summed E-state index contributed by atoms with van der Waals surface area (Å²) in [5.74, 6) is -0.537. The standard InChI is InChI=1S/C21H31IO4/c1-16(2)15-19(13-9-4-5-10-14-22)26-21(24)20(25-17(3)23)18-11-7-6-8-12-18/h6-8,11-12,16,19-20H,4-5,9-10,13-15H2,1-3H3/t19-,20-/m0/s1. The van der Waals surface area contributed by atoms with Crippen LogP contribution >= 0.6 is 22.6 Å². The van der Waals surface area contributed by atoms with Crippen molar-refractivity contribution in [2.75, 3.05) is 4.43 Å². The average Bonchev–Trinajstić information content (AvgIpc) is 2.59. The molecule has 0 aliphatic carbocycles. The van der Waals surface area contributed by atoms with Crippen LogP contribution in [-0.2, 0) is 19.1 Å². The maximum atomic E-state index is 12.7. The molecule has 0 aromatic heterocycles. The van der Waals surface area contributed by atoms with Gasteiger partial charge in [0.2, 0.25) is 6.10 Å². The van der Waals surface area contributed by atoms with Gasteiger partial charge in [0.05, 0.1) is 0 Å². The van der Waals surface area contributed by atoms with Gasteiger partial charge >= 0.3 is 11.9 Å². The third-order valence-corrected chi connectivity index (χ3v) is 4.79. The molecule has 4 nitrogen and oxygen atoms in total. The SMILES string of the molecule is CC(=O)O[C@H](C(=O)O[C@@H](CCCCCCI)CC(C)C)c1ccccc1. The first-order chi connectivity index (χ1) is 12.4. The molecule has 1 aromatic carbocycles. The van der Waals surface area contributed by atoms with Gasteiger partial charge in [0.1, 0.15) is 6.10 Å². The molecule has 5 heteroatoms. The first kappa shape index (κ1) is 22.9. The normalized spacial score (nSPS) is 13.3. The summed E-state index contributed by atoms with van der Waals surface area (Å²) in [6.07, 6.45) is 5.19. The number of esters is 2. The van der Waals surface area contributed by atoms with Crippen LogP contribution in [-0.4, -0.2) is 22.5 Å². The van der Waals surface area contributed by atoms with Gasteiger partial charge in [-0.25, -0.2) is 4.79 Å². The first-order valence-corrected chi connectivity index (χ1v) is 10.9. The lowest BCUT2D eigenvalue weighted by molar-refractivity contribution is -0.172. The zero-order valence-electron chi connectivity index (χ0n) is 16.1. The summed E-state index contributed by atoms with van der Waals surface area (Å²) in [7, 11) is 0. The molecule has 0 unspecified atom stereocenters. The molecule has 0 saturated heterocycles. The molecular formula is C21H31IO4. The van der Waals surface area contributed by atoms with Crippen LogP contribution in [0.4, 0.5) is 0 Å². The molecule has 0 amide bonds. The molecule has 26 heavy (non-hydrogen) atoms. The molecule has 0 fully saturated rings. The topological polar surface area (TPSA) is 52.6 Å². The summed E-state index contributed by atoms with van der Waals surface area (Å²) in [6, 6.07) is 9.04. The molecular weight excluding hydrogens is 443 g/mol. The largest absolute Gasteiger partial charge is 0.459 e. The van der Waals surface area contributed by atoms with Crippen molar-refractivity contribution in [3.05, 3.63) is 35.9 Å². The van der Waals surface area contributed by atoms with Crippen molar-refractivity contribution in [2.45, 2.75) is 71.5 Å². The average molecular weight is 474 g/mol. The van der Waals surface area contributed by atoms with E-state index in [9.17, 15) is 9.59 Å². The van der Waals surface area contributed by atoms with E-state index in [0.29, 0.717) is 11.5 Å². The smallest absolute Gasteiger partial charge is 0.352 e. The second kappa shape index (κ2) is 13.1. The Labute approximate surface area is 171 Å². The third-order valence-electron chi connectivity index (χ3n) is 4.03. The van der Waals surface area contributed by atoms with E-state index in [-0.39, 0.29) is 6.10 Å². The van der Waals surface area contributed by atoms with Gasteiger partial charge in [-0.05, 0) is 36.0 Å². The minimum absolute atomic E-state index is 0.135. The van der Waals surface area contributed by atoms with E-state index in [1.165, 1.54) is 24.2 Å². The van der Waals surface area contributed by atoms with Crippen LogP contribution in [0.25, 0.3) is 0 Å². The molecule has 0 N–H and O–H groups in total. The molecule has 2 atom stereocenters. The Balaban J connectivity index is 2.71. The highest BCUT2D eigenvalue weighted by atomic mass is 127. The maximum Gasteiger partial charge on any atom is 0.352 e. The zero-order valence-corrected chi connectivity index (χ0v) is 18.2. The van der Waals surface area contributed by atoms with Gasteiger partial charge in [0.25, 0.3) is 0 Å². The summed E-state index contributed by atoms with van der Waals surface area (Å²) in [5.41, 5.74) is 0.637. The van der Waals surface area contributed by atoms with Crippen LogP contribution < -0.4 is 0 Å². The fourth-order valence-corrected chi connectivity index (χ4v) is 3.38. The Morgan fingerprint density at radius 3 is 2.23 bits per heavy atom. The highest BCUT2D eigenvalue weighted by Gasteiger charge is 2.28. The molecule has 0 aliphatic heterocycles. The Kier molecular flexibility index (Phi) is 11.6. The van der Waals surface area contributed by atoms with Crippen molar-refractivity contribution in [1.29, 1.82) is 0 Å². The number of ether oxygens (including phenoxy) is 2. The zero-order chi connectivity index (χ0) is 19.4. The Morgan fingerprint density at radius 1 is 1.00 bits per heavy atom. The first-order valence-electron chi connectivity index (χ1n) is 9.42. The fraction of sp³-hybridized carbons (Fsp3) is 0.619. The number of rotatable bonds is 12. The van der Waals surface area contributed by atoms with E-state index in [1.807, 2.05) is 18.2 Å². The number of benzene rings is 1. The van der Waals surface area contributed by atoms with Crippen LogP contribution in [0.15, 0.2) is 30.3 Å². The van der Waals surface area contributed by atoms with Crippen molar-refractivity contribution >= 4 is 34.5 Å². The highest BCUT2D eigenvalue weighted by Crippen LogP contribution is 2.23. The van der Waals surface area contributed by atoms with Crippen molar-refractivity contribution in [2.24, 2.45) is 5.92 Å². The van der Waals surface area contributed by atoms with Crippen molar-refractivity contribution in [3.8, 4) is 0 Å². The van der Waals surface area contributed by atoms with Gasteiger partial charge in [-0.3, -0.25) is 4.79 Å². The summed E-state index contributed by atoms with van der Waals surface area (Å²) >= 11 is 2.40. The number of hydrogen-bond donors (Lipinski definition) is 0. The van der Waals surface area contributed by atoms with Crippen LogP contribution in [0.2, 0.25) is 0 Å². The second-order valence-corrected chi connectivity index (χ2v) is 8.06. The predicted molar refractivity (Wildman–Crippen MR) is 112 cm³/mol. The number of hydrogen-bond acceptors (Lipinski definition) is 4. The quantitative estimate of drug-likeness (QED) is 0.170. The van der Waals surface area contributed by atoms with Crippen molar-refractivity contribution in [3.63, 3.8) is 0 Å². The Hall–Kier alpha value is -1.11. The number of alkyl halides is 1. The minimum Gasteiger partial charge on any atom is -0.459 e. The van der Waals surface area contributed by atoms with Crippen LogP contribution in [0.1, 0.15) is 71.0 Å². The molecule has 0 spiro atoms. The van der Waals surface area contributed by atoms with Crippen LogP contribution in [0, 0.1) is 5.92 Å². The summed E-state index contributed by atoms with van der Waals surface area (Å²) in [5, 5.41) is 0. The summed E-state index contributed by atoms with van der Waals surface area (Å²) in [6.45, 7) is 5.55. The van der Waals surface area contributed by atoms with Gasteiger partial charge in [-0.2, -0.15) is 0 Å². The third kappa shape index (κ3) is 9.55. The molecule has 1 rings (SSSR count). The van der Waals surface area contributed by atoms with Crippen LogP contribution in [0.3, 0.4) is 0 Å². The molecule has 0 aliphatic rings. The summed E-state index contributed by atoms with van der Waals surface area (Å²) < 4.78 is 12.2. The molecule has 0 saturated carbocycles. The minimum atomic E-state index is -0.998. The highest BCUT2D eigenvalue weighted by molar-refractivity contribution is 14.1. The van der Waals surface area contributed by atoms with E-state index < -0.39 is 18.0 Å². The van der Waals surface area contributed by atoms with E-state index in [1.54, 1.807) is 12.1 Å². The predicted octanol–water partition coefficient (Wildman–Crippen LogP) is 5.63. The molecule has 0 heterocycles. The molecule has 146 valence electrons. The lowest BCUT2D eigenvalue weighted by Crippen LogP contribution is -2.27. The number of carbonyl (C=O) groups is 2. The van der Waals surface area contributed by atoms with Gasteiger partial charge in [-0.15, -0.1) is 0 Å². The lowest BCUT2D eigenvalue weighted by Gasteiger charge is -2.23. The molecule has 1 aromatic rings. The van der Waals surface area contributed by atoms with Crippen molar-refractivity contribution < 1.29 is 19.1 Å². The van der Waals surface area contributed by atoms with E-state index in [0.717, 1.165) is 25.7 Å². The fourth-order valence-electron chi connectivity index (χ4n) is 2.84. The van der Waals surface area contributed by atoms with E-state index in [2.05, 4.69) is 36.4 Å². The number of carbonyl (C=O) groups excluding carboxylic acids is 2. The van der Waals surface area contributed by atoms with Gasteiger partial charge in [-0.1, -0.05) is 79.6 Å². The van der Waals surface area contributed by atoms with Gasteiger partial charge in [0.15, 0.2) is 0 Å². The van der Waals surface area contributed by atoms with Gasteiger partial charge in [0, 0.05) is 12.5 Å². The second-order valence-electron chi connectivity index (χ2n) is 6.98. The Morgan fingerprint density at radius 2 is 1.65 bits per heavy atom. The molecule has 0 bridgehead atoms. The molecule has 0 radical (unpaired) electrons. The van der Waals surface area contributed by atoms with E-state index >= 15 is 0 Å². The summed E-state index contributed by atoms with van der Waals surface area (Å²) in [4.78, 5) is 24.1. The van der Waals surface area contributed by atoms with Crippen LogP contribution in [0.5, 0.6) is 0 Å². The van der Waals surface area contributed by atoms with Crippen molar-refractivity contribution in [1.82, 2.24) is 0 Å². The van der Waals surface area contributed by atoms with E-state index in [4.69, 9.17) is 9.47 Å². The van der Waals surface area contributed by atoms with Gasteiger partial charge < -0.3 is 9.47 Å². The Bertz CT molecular complexity index is 530. The maximum absolute atomic E-state index is 12.7. The monoisotopic (exact) mass is 474 g/mol. The lowest BCUT2D eigenvalue weighted by atomic mass is 10.00. The number of halogens is 1.